The van der Waals surface area contributed by atoms with Crippen molar-refractivity contribution in [1.29, 1.82) is 0 Å². The summed E-state index contributed by atoms with van der Waals surface area (Å²) < 4.78 is 0.690. The van der Waals surface area contributed by atoms with E-state index in [1.165, 1.54) is 11.1 Å². The number of imide groups is 1. The number of halogens is 1. The van der Waals surface area contributed by atoms with Gasteiger partial charge in [-0.3, -0.25) is 14.5 Å². The van der Waals surface area contributed by atoms with Gasteiger partial charge in [0.05, 0.1) is 5.69 Å². The quantitative estimate of drug-likeness (QED) is 0.647. The third-order valence-electron chi connectivity index (χ3n) is 4.44. The zero-order chi connectivity index (χ0) is 17.3. The van der Waals surface area contributed by atoms with Crippen LogP contribution in [0.5, 0.6) is 0 Å². The van der Waals surface area contributed by atoms with Gasteiger partial charge in [-0.15, -0.1) is 0 Å². The Bertz CT molecular complexity index is 702. The molecule has 8 nitrogen and oxygen atoms in total. The van der Waals surface area contributed by atoms with Crippen LogP contribution in [0.4, 0.5) is 10.5 Å². The van der Waals surface area contributed by atoms with E-state index in [2.05, 4.69) is 31.5 Å². The third kappa shape index (κ3) is 2.95. The summed E-state index contributed by atoms with van der Waals surface area (Å²) >= 11 is 3.28. The molecular weight excluding hydrogens is 378 g/mol. The fourth-order valence-corrected chi connectivity index (χ4v) is 3.60. The van der Waals surface area contributed by atoms with Crippen LogP contribution in [0.3, 0.4) is 0 Å². The van der Waals surface area contributed by atoms with Crippen molar-refractivity contribution in [3.05, 3.63) is 22.4 Å². The zero-order valence-electron chi connectivity index (χ0n) is 13.0. The number of hydrogen-bond donors (Lipinski definition) is 3. The van der Waals surface area contributed by atoms with Gasteiger partial charge in [0, 0.05) is 23.8 Å². The van der Waals surface area contributed by atoms with Crippen molar-refractivity contribution in [3.8, 4) is 0 Å². The Morgan fingerprint density at radius 3 is 2.79 bits per heavy atom. The van der Waals surface area contributed by atoms with Crippen LogP contribution in [0.2, 0.25) is 0 Å². The molecule has 0 aromatic carbocycles. The van der Waals surface area contributed by atoms with E-state index in [0.29, 0.717) is 29.5 Å². The lowest BCUT2D eigenvalue weighted by Crippen LogP contribution is -2.44. The molecule has 128 valence electrons. The van der Waals surface area contributed by atoms with E-state index >= 15 is 0 Å². The van der Waals surface area contributed by atoms with E-state index in [9.17, 15) is 14.4 Å². The van der Waals surface area contributed by atoms with Gasteiger partial charge in [-0.05, 0) is 34.8 Å². The van der Waals surface area contributed by atoms with Crippen molar-refractivity contribution in [2.24, 2.45) is 5.73 Å². The molecular formula is C15H18BrN5O3. The van der Waals surface area contributed by atoms with E-state index in [1.54, 1.807) is 6.07 Å². The Labute approximate surface area is 147 Å². The number of hydrogen-bond acceptors (Lipinski definition) is 5. The van der Waals surface area contributed by atoms with Crippen molar-refractivity contribution in [2.45, 2.75) is 31.2 Å². The maximum Gasteiger partial charge on any atom is 0.325 e. The number of pyridine rings is 1. The van der Waals surface area contributed by atoms with Crippen LogP contribution in [0.15, 0.2) is 16.7 Å². The van der Waals surface area contributed by atoms with Gasteiger partial charge in [0.1, 0.15) is 5.54 Å². The van der Waals surface area contributed by atoms with Crippen molar-refractivity contribution in [3.63, 3.8) is 0 Å². The van der Waals surface area contributed by atoms with Gasteiger partial charge in [0.25, 0.3) is 11.8 Å². The molecule has 1 aliphatic carbocycles. The average molecular weight is 396 g/mol. The molecule has 1 aromatic heterocycles. The summed E-state index contributed by atoms with van der Waals surface area (Å²) in [5, 5.41) is 5.85. The Kier molecular flexibility index (Phi) is 4.44. The molecule has 1 spiro atoms. The molecule has 1 aliphatic heterocycles. The maximum atomic E-state index is 12.5. The predicted octanol–water partition coefficient (Wildman–Crippen LogP) is 1.22. The Balaban J connectivity index is 1.65. The molecule has 2 aliphatic rings. The molecule has 0 atom stereocenters. The Hall–Kier alpha value is -2.16. The number of amides is 4. The molecule has 24 heavy (non-hydrogen) atoms. The SMILES string of the molecule is NC(=O)c1ncc(Br)cc1NCCN1C(=O)NC2(CCCC2)C1=O. The molecule has 9 heteroatoms. The number of carbonyl (C=O) groups excluding carboxylic acids is 3. The van der Waals surface area contributed by atoms with Crippen molar-refractivity contribution in [1.82, 2.24) is 15.2 Å². The lowest BCUT2D eigenvalue weighted by atomic mass is 9.98. The van der Waals surface area contributed by atoms with Gasteiger partial charge in [0.2, 0.25) is 0 Å². The summed E-state index contributed by atoms with van der Waals surface area (Å²) in [5.74, 6) is -0.806. The van der Waals surface area contributed by atoms with E-state index in [0.717, 1.165) is 12.8 Å². The lowest BCUT2D eigenvalue weighted by molar-refractivity contribution is -0.131. The van der Waals surface area contributed by atoms with Gasteiger partial charge in [0.15, 0.2) is 5.69 Å². The summed E-state index contributed by atoms with van der Waals surface area (Å²) in [5.41, 5.74) is 5.17. The second-order valence-corrected chi connectivity index (χ2v) is 6.93. The van der Waals surface area contributed by atoms with Crippen molar-refractivity contribution < 1.29 is 14.4 Å². The van der Waals surface area contributed by atoms with E-state index in [4.69, 9.17) is 5.73 Å². The number of nitrogens with zero attached hydrogens (tertiary/aromatic N) is 2. The summed E-state index contributed by atoms with van der Waals surface area (Å²) in [4.78, 5) is 41.2. The number of primary amides is 1. The number of urea groups is 1. The van der Waals surface area contributed by atoms with E-state index in [1.807, 2.05) is 0 Å². The first kappa shape index (κ1) is 16.7. The molecule has 0 radical (unpaired) electrons. The number of anilines is 1. The fraction of sp³-hybridized carbons (Fsp3) is 0.467. The Morgan fingerprint density at radius 1 is 1.42 bits per heavy atom. The molecule has 4 N–H and O–H groups in total. The predicted molar refractivity (Wildman–Crippen MR) is 90.4 cm³/mol. The number of carbonyl (C=O) groups is 3. The van der Waals surface area contributed by atoms with Gasteiger partial charge >= 0.3 is 6.03 Å². The third-order valence-corrected chi connectivity index (χ3v) is 4.88. The number of aromatic nitrogens is 1. The molecule has 0 bridgehead atoms. The van der Waals surface area contributed by atoms with Crippen LogP contribution in [0.25, 0.3) is 0 Å². The molecule has 2 fully saturated rings. The van der Waals surface area contributed by atoms with Crippen LogP contribution in [-0.4, -0.2) is 46.4 Å². The summed E-state index contributed by atoms with van der Waals surface area (Å²) in [6.07, 6.45) is 4.77. The van der Waals surface area contributed by atoms with Crippen LogP contribution in [-0.2, 0) is 4.79 Å². The first-order valence-electron chi connectivity index (χ1n) is 7.76. The molecule has 1 saturated heterocycles. The smallest absolute Gasteiger partial charge is 0.325 e. The van der Waals surface area contributed by atoms with E-state index < -0.39 is 11.4 Å². The standard InChI is InChI=1S/C15H18BrN5O3/c16-9-7-10(11(12(17)22)19-8-9)18-5-6-21-13(23)15(20-14(21)24)3-1-2-4-15/h7-8,18H,1-6H2,(H2,17,22)(H,20,24). The lowest BCUT2D eigenvalue weighted by Gasteiger charge is -2.20. The van der Waals surface area contributed by atoms with Gasteiger partial charge < -0.3 is 16.4 Å². The average Bonchev–Trinajstić information content (AvgIpc) is 3.08. The van der Waals surface area contributed by atoms with E-state index in [-0.39, 0.29) is 24.2 Å². The molecule has 3 rings (SSSR count). The fourth-order valence-electron chi connectivity index (χ4n) is 3.27. The highest BCUT2D eigenvalue weighted by Gasteiger charge is 2.52. The maximum absolute atomic E-state index is 12.5. The van der Waals surface area contributed by atoms with Gasteiger partial charge in [-0.25, -0.2) is 9.78 Å². The number of nitrogens with one attached hydrogen (secondary N) is 2. The molecule has 2 heterocycles. The highest BCUT2D eigenvalue weighted by atomic mass is 79.9. The highest BCUT2D eigenvalue weighted by Crippen LogP contribution is 2.34. The van der Waals surface area contributed by atoms with Gasteiger partial charge in [-0.2, -0.15) is 0 Å². The number of rotatable bonds is 5. The summed E-state index contributed by atoms with van der Waals surface area (Å²) in [7, 11) is 0. The molecule has 1 aromatic rings. The summed E-state index contributed by atoms with van der Waals surface area (Å²) in [6, 6.07) is 1.32. The highest BCUT2D eigenvalue weighted by molar-refractivity contribution is 9.10. The first-order chi connectivity index (χ1) is 11.4. The first-order valence-corrected chi connectivity index (χ1v) is 8.55. The minimum absolute atomic E-state index is 0.114. The molecule has 0 unspecified atom stereocenters. The van der Waals surface area contributed by atoms with Crippen molar-refractivity contribution >= 4 is 39.5 Å². The molecule has 4 amide bonds. The van der Waals surface area contributed by atoms with Crippen LogP contribution in [0.1, 0.15) is 36.2 Å². The molecule has 1 saturated carbocycles. The Morgan fingerprint density at radius 2 is 2.12 bits per heavy atom. The second kappa shape index (κ2) is 6.39. The summed E-state index contributed by atoms with van der Waals surface area (Å²) in [6.45, 7) is 0.505. The normalized spacial score (nSPS) is 19.0. The van der Waals surface area contributed by atoms with Crippen LogP contribution < -0.4 is 16.4 Å². The minimum atomic E-state index is -0.702. The van der Waals surface area contributed by atoms with Gasteiger partial charge in [-0.1, -0.05) is 12.8 Å². The van der Waals surface area contributed by atoms with Crippen molar-refractivity contribution in [2.75, 3.05) is 18.4 Å². The van der Waals surface area contributed by atoms with Crippen LogP contribution >= 0.6 is 15.9 Å². The minimum Gasteiger partial charge on any atom is -0.381 e. The topological polar surface area (TPSA) is 117 Å². The zero-order valence-corrected chi connectivity index (χ0v) is 14.6. The van der Waals surface area contributed by atoms with Crippen LogP contribution in [0, 0.1) is 0 Å². The second-order valence-electron chi connectivity index (χ2n) is 6.02. The monoisotopic (exact) mass is 395 g/mol. The number of nitrogens with two attached hydrogens (primary N) is 1. The largest absolute Gasteiger partial charge is 0.381 e.